The minimum atomic E-state index is -0.277. The van der Waals surface area contributed by atoms with Crippen LogP contribution in [-0.2, 0) is 6.54 Å². The van der Waals surface area contributed by atoms with E-state index in [1.54, 1.807) is 19.3 Å². The highest BCUT2D eigenvalue weighted by molar-refractivity contribution is 9.10. The molecule has 1 aromatic heterocycles. The van der Waals surface area contributed by atoms with Gasteiger partial charge in [-0.2, -0.15) is 0 Å². The van der Waals surface area contributed by atoms with Crippen molar-refractivity contribution >= 4 is 27.7 Å². The molecule has 1 aliphatic rings. The topological polar surface area (TPSA) is 52.6 Å². The van der Waals surface area contributed by atoms with E-state index in [1.165, 1.54) is 17.2 Å². The summed E-state index contributed by atoms with van der Waals surface area (Å²) in [5.74, 6) is 0.896. The van der Waals surface area contributed by atoms with E-state index in [9.17, 15) is 4.39 Å². The maximum atomic E-state index is 13.9. The maximum absolute atomic E-state index is 13.9. The lowest BCUT2D eigenvalue weighted by atomic mass is 10.1. The summed E-state index contributed by atoms with van der Waals surface area (Å²) < 4.78 is 15.0. The second-order valence-corrected chi connectivity index (χ2v) is 7.30. The van der Waals surface area contributed by atoms with Crippen LogP contribution >= 0.6 is 15.9 Å². The molecule has 0 radical (unpaired) electrons. The summed E-state index contributed by atoms with van der Waals surface area (Å²) in [6.07, 6.45) is 2.54. The molecule has 0 amide bonds. The van der Waals surface area contributed by atoms with E-state index in [0.29, 0.717) is 18.9 Å². The Morgan fingerprint density at radius 3 is 3.00 bits per heavy atom. The van der Waals surface area contributed by atoms with E-state index in [1.807, 2.05) is 11.0 Å². The lowest BCUT2D eigenvalue weighted by Crippen LogP contribution is -2.44. The van der Waals surface area contributed by atoms with Gasteiger partial charge >= 0.3 is 0 Å². The van der Waals surface area contributed by atoms with Gasteiger partial charge in [-0.05, 0) is 48.7 Å². The second kappa shape index (κ2) is 8.49. The van der Waals surface area contributed by atoms with Crippen LogP contribution in [0.15, 0.2) is 46.0 Å². The summed E-state index contributed by atoms with van der Waals surface area (Å²) in [5, 5.41) is 6.78. The van der Waals surface area contributed by atoms with E-state index in [-0.39, 0.29) is 11.9 Å². The smallest absolute Gasteiger partial charge is 0.191 e. The van der Waals surface area contributed by atoms with Crippen LogP contribution in [0, 0.1) is 12.7 Å². The Morgan fingerprint density at radius 1 is 1.42 bits per heavy atom. The molecule has 1 saturated heterocycles. The maximum Gasteiger partial charge on any atom is 0.191 e. The van der Waals surface area contributed by atoms with Crippen molar-refractivity contribution in [1.29, 1.82) is 0 Å². The van der Waals surface area contributed by atoms with Crippen LogP contribution in [0.25, 0.3) is 0 Å². The number of guanidine groups is 1. The summed E-state index contributed by atoms with van der Waals surface area (Å²) >= 11 is 3.49. The van der Waals surface area contributed by atoms with E-state index in [0.717, 1.165) is 23.4 Å². The van der Waals surface area contributed by atoms with Gasteiger partial charge in [0.05, 0.1) is 0 Å². The quantitative estimate of drug-likeness (QED) is 0.589. The SMILES string of the molecule is CN=C(NCc1ccc(Br)cc1C)NC1CCN(c2ncccc2F)C1. The zero-order valence-electron chi connectivity index (χ0n) is 15.0. The molecule has 1 atom stereocenters. The fourth-order valence-electron chi connectivity index (χ4n) is 3.11. The Balaban J connectivity index is 1.55. The van der Waals surface area contributed by atoms with Crippen LogP contribution in [0.3, 0.4) is 0 Å². The monoisotopic (exact) mass is 419 g/mol. The highest BCUT2D eigenvalue weighted by Crippen LogP contribution is 2.21. The summed E-state index contributed by atoms with van der Waals surface area (Å²) in [6.45, 7) is 4.26. The number of pyridine rings is 1. The number of aryl methyl sites for hydroxylation is 1. The molecule has 1 fully saturated rings. The van der Waals surface area contributed by atoms with Crippen molar-refractivity contribution in [3.05, 3.63) is 57.9 Å². The predicted octanol–water partition coefficient (Wildman–Crippen LogP) is 3.24. The van der Waals surface area contributed by atoms with E-state index < -0.39 is 0 Å². The number of benzene rings is 1. The van der Waals surface area contributed by atoms with E-state index >= 15 is 0 Å². The first-order chi connectivity index (χ1) is 12.6. The number of anilines is 1. The number of aromatic nitrogens is 1. The van der Waals surface area contributed by atoms with Gasteiger partial charge in [-0.1, -0.05) is 22.0 Å². The number of hydrogen-bond acceptors (Lipinski definition) is 3. The third kappa shape index (κ3) is 4.52. The molecular weight excluding hydrogens is 397 g/mol. The molecule has 1 aliphatic heterocycles. The molecule has 0 spiro atoms. The molecule has 138 valence electrons. The van der Waals surface area contributed by atoms with Crippen molar-refractivity contribution in [2.24, 2.45) is 4.99 Å². The highest BCUT2D eigenvalue weighted by atomic mass is 79.9. The normalized spacial score (nSPS) is 17.5. The molecule has 0 aliphatic carbocycles. The number of nitrogens with one attached hydrogen (secondary N) is 2. The zero-order valence-corrected chi connectivity index (χ0v) is 16.6. The van der Waals surface area contributed by atoms with E-state index in [4.69, 9.17) is 0 Å². The molecule has 0 bridgehead atoms. The second-order valence-electron chi connectivity index (χ2n) is 6.38. The number of rotatable bonds is 4. The fraction of sp³-hybridized carbons (Fsp3) is 0.368. The Labute approximate surface area is 161 Å². The Hall–Kier alpha value is -2.15. The predicted molar refractivity (Wildman–Crippen MR) is 107 cm³/mol. The molecular formula is C19H23BrFN5. The van der Waals surface area contributed by atoms with Gasteiger partial charge in [-0.25, -0.2) is 9.37 Å². The molecule has 0 saturated carbocycles. The lowest BCUT2D eigenvalue weighted by molar-refractivity contribution is 0.612. The van der Waals surface area contributed by atoms with Crippen LogP contribution < -0.4 is 15.5 Å². The lowest BCUT2D eigenvalue weighted by Gasteiger charge is -2.20. The van der Waals surface area contributed by atoms with Gasteiger partial charge in [0.15, 0.2) is 17.6 Å². The summed E-state index contributed by atoms with van der Waals surface area (Å²) in [7, 11) is 1.76. The first-order valence-electron chi connectivity index (χ1n) is 8.64. The Morgan fingerprint density at radius 2 is 2.27 bits per heavy atom. The molecule has 5 nitrogen and oxygen atoms in total. The van der Waals surface area contributed by atoms with Gasteiger partial charge in [-0.15, -0.1) is 0 Å². The van der Waals surface area contributed by atoms with Crippen LogP contribution in [0.2, 0.25) is 0 Å². The van der Waals surface area contributed by atoms with Crippen molar-refractivity contribution in [2.45, 2.75) is 25.9 Å². The summed E-state index contributed by atoms with van der Waals surface area (Å²) in [4.78, 5) is 10.4. The van der Waals surface area contributed by atoms with Gasteiger partial charge < -0.3 is 15.5 Å². The van der Waals surface area contributed by atoms with Crippen LogP contribution in [0.1, 0.15) is 17.5 Å². The average Bonchev–Trinajstić information content (AvgIpc) is 3.08. The molecule has 2 heterocycles. The molecule has 1 aromatic carbocycles. The third-order valence-corrected chi connectivity index (χ3v) is 5.04. The van der Waals surface area contributed by atoms with Gasteiger partial charge in [-0.3, -0.25) is 4.99 Å². The Bertz CT molecular complexity index is 795. The molecule has 7 heteroatoms. The minimum Gasteiger partial charge on any atom is -0.352 e. The van der Waals surface area contributed by atoms with Gasteiger partial charge in [0.25, 0.3) is 0 Å². The number of aliphatic imine (C=N–C) groups is 1. The first-order valence-corrected chi connectivity index (χ1v) is 9.44. The van der Waals surface area contributed by atoms with Crippen LogP contribution in [0.5, 0.6) is 0 Å². The molecule has 26 heavy (non-hydrogen) atoms. The van der Waals surface area contributed by atoms with Gasteiger partial charge in [0.2, 0.25) is 0 Å². The average molecular weight is 420 g/mol. The molecule has 2 aromatic rings. The molecule has 3 rings (SSSR count). The van der Waals surface area contributed by atoms with Crippen LogP contribution in [-0.4, -0.2) is 37.1 Å². The van der Waals surface area contributed by atoms with Crippen molar-refractivity contribution in [1.82, 2.24) is 15.6 Å². The minimum absolute atomic E-state index is 0.202. The Kier molecular flexibility index (Phi) is 6.08. The highest BCUT2D eigenvalue weighted by Gasteiger charge is 2.25. The standard InChI is InChI=1S/C19H23BrFN5/c1-13-10-15(20)6-5-14(13)11-24-19(22-2)25-16-7-9-26(12-16)18-17(21)4-3-8-23-18/h3-6,8,10,16H,7,9,11-12H2,1-2H3,(H2,22,24,25). The van der Waals surface area contributed by atoms with Gasteiger partial charge in [0.1, 0.15) is 0 Å². The van der Waals surface area contributed by atoms with Crippen molar-refractivity contribution in [2.75, 3.05) is 25.0 Å². The fourth-order valence-corrected chi connectivity index (χ4v) is 3.58. The summed E-state index contributed by atoms with van der Waals surface area (Å²) in [6, 6.07) is 9.50. The summed E-state index contributed by atoms with van der Waals surface area (Å²) in [5.41, 5.74) is 2.44. The number of nitrogens with zero attached hydrogens (tertiary/aromatic N) is 3. The van der Waals surface area contributed by atoms with Crippen molar-refractivity contribution in [3.63, 3.8) is 0 Å². The first kappa shape index (κ1) is 18.6. The zero-order chi connectivity index (χ0) is 18.5. The molecule has 2 N–H and O–H groups in total. The number of hydrogen-bond donors (Lipinski definition) is 2. The number of halogens is 2. The van der Waals surface area contributed by atoms with Crippen molar-refractivity contribution in [3.8, 4) is 0 Å². The van der Waals surface area contributed by atoms with E-state index in [2.05, 4.69) is 55.6 Å². The van der Waals surface area contributed by atoms with Gasteiger partial charge in [0, 0.05) is 43.4 Å². The van der Waals surface area contributed by atoms with Crippen LogP contribution in [0.4, 0.5) is 10.2 Å². The van der Waals surface area contributed by atoms with Crippen molar-refractivity contribution < 1.29 is 4.39 Å². The molecule has 1 unspecified atom stereocenters. The third-order valence-electron chi connectivity index (χ3n) is 4.54. The largest absolute Gasteiger partial charge is 0.352 e.